The lowest BCUT2D eigenvalue weighted by Gasteiger charge is -2.18. The van der Waals surface area contributed by atoms with Crippen molar-refractivity contribution in [2.45, 2.75) is 25.7 Å². The number of hydrogen-bond donors (Lipinski definition) is 1. The van der Waals surface area contributed by atoms with Crippen molar-refractivity contribution >= 4 is 12.2 Å². The lowest BCUT2D eigenvalue weighted by atomic mass is 10.1. The van der Waals surface area contributed by atoms with Crippen molar-refractivity contribution in [3.63, 3.8) is 0 Å². The summed E-state index contributed by atoms with van der Waals surface area (Å²) in [4.78, 5) is 11.7. The van der Waals surface area contributed by atoms with E-state index in [-0.39, 0.29) is 6.61 Å². The maximum atomic E-state index is 13.1. The van der Waals surface area contributed by atoms with Gasteiger partial charge in [0.05, 0.1) is 0 Å². The van der Waals surface area contributed by atoms with Crippen molar-refractivity contribution < 1.29 is 22.7 Å². The first-order valence-electron chi connectivity index (χ1n) is 7.63. The predicted octanol–water partition coefficient (Wildman–Crippen LogP) is 4.87. The normalized spacial score (nSPS) is 12.8. The molecular weight excluding hydrogens is 331 g/mol. The Morgan fingerprint density at radius 3 is 2.36 bits per heavy atom. The van der Waals surface area contributed by atoms with Crippen LogP contribution in [-0.4, -0.2) is 18.3 Å². The first kappa shape index (κ1) is 18.6. The van der Waals surface area contributed by atoms with Crippen LogP contribution in [0.25, 0.3) is 6.08 Å². The second-order valence-electron chi connectivity index (χ2n) is 5.50. The number of hydrogen-bond acceptors (Lipinski definition) is 2. The van der Waals surface area contributed by atoms with Crippen LogP contribution < -0.4 is 5.32 Å². The molecule has 0 aliphatic rings. The fourth-order valence-electron chi connectivity index (χ4n) is 2.02. The molecule has 2 aromatic rings. The number of alkyl halides is 3. The van der Waals surface area contributed by atoms with Gasteiger partial charge < -0.3 is 10.1 Å². The Hall–Kier alpha value is -2.76. The SMILES string of the molecule is Cc1ccc(/C=C/C(NC(=O)OCc2ccccc2)C(F)(F)F)cc1. The van der Waals surface area contributed by atoms with Gasteiger partial charge in [-0.25, -0.2) is 4.79 Å². The molecule has 2 rings (SSSR count). The van der Waals surface area contributed by atoms with E-state index in [1.807, 2.05) is 12.2 Å². The van der Waals surface area contributed by atoms with E-state index < -0.39 is 18.3 Å². The summed E-state index contributed by atoms with van der Waals surface area (Å²) in [6, 6.07) is 13.6. The molecule has 2 aromatic carbocycles. The number of alkyl carbamates (subject to hydrolysis) is 1. The van der Waals surface area contributed by atoms with Crippen LogP contribution in [0.4, 0.5) is 18.0 Å². The van der Waals surface area contributed by atoms with E-state index in [1.165, 1.54) is 6.08 Å². The highest BCUT2D eigenvalue weighted by Crippen LogP contribution is 2.22. The molecule has 1 atom stereocenters. The van der Waals surface area contributed by atoms with E-state index in [0.29, 0.717) is 11.1 Å². The second-order valence-corrected chi connectivity index (χ2v) is 5.50. The van der Waals surface area contributed by atoms with Gasteiger partial charge in [-0.1, -0.05) is 72.3 Å². The Morgan fingerprint density at radius 2 is 1.76 bits per heavy atom. The zero-order chi connectivity index (χ0) is 18.3. The highest BCUT2D eigenvalue weighted by molar-refractivity contribution is 5.68. The number of nitrogens with one attached hydrogen (secondary N) is 1. The summed E-state index contributed by atoms with van der Waals surface area (Å²) in [5.41, 5.74) is 2.31. The number of halogens is 3. The molecule has 0 spiro atoms. The van der Waals surface area contributed by atoms with Crippen molar-refractivity contribution in [3.05, 3.63) is 77.4 Å². The quantitative estimate of drug-likeness (QED) is 0.837. The third kappa shape index (κ3) is 6.33. The van der Waals surface area contributed by atoms with Gasteiger partial charge in [0, 0.05) is 0 Å². The molecule has 0 aromatic heterocycles. The van der Waals surface area contributed by atoms with Crippen LogP contribution in [0.2, 0.25) is 0 Å². The zero-order valence-corrected chi connectivity index (χ0v) is 13.6. The van der Waals surface area contributed by atoms with E-state index in [0.717, 1.165) is 11.6 Å². The molecule has 1 amide bonds. The fourth-order valence-corrected chi connectivity index (χ4v) is 2.02. The molecule has 0 fully saturated rings. The standard InChI is InChI=1S/C19H18F3NO2/c1-14-7-9-15(10-8-14)11-12-17(19(20,21)22)23-18(24)25-13-16-5-3-2-4-6-16/h2-12,17H,13H2,1H3,(H,23,24)/b12-11+. The Morgan fingerprint density at radius 1 is 1.12 bits per heavy atom. The number of carbonyl (C=O) groups excluding carboxylic acids is 1. The van der Waals surface area contributed by atoms with Crippen LogP contribution in [0.5, 0.6) is 0 Å². The van der Waals surface area contributed by atoms with Gasteiger partial charge in [-0.05, 0) is 18.1 Å². The molecule has 25 heavy (non-hydrogen) atoms. The van der Waals surface area contributed by atoms with Crippen molar-refractivity contribution in [2.24, 2.45) is 0 Å². The van der Waals surface area contributed by atoms with Crippen molar-refractivity contribution in [3.8, 4) is 0 Å². The van der Waals surface area contributed by atoms with E-state index in [2.05, 4.69) is 0 Å². The highest BCUT2D eigenvalue weighted by Gasteiger charge is 2.39. The summed E-state index contributed by atoms with van der Waals surface area (Å²) in [7, 11) is 0. The molecule has 1 N–H and O–H groups in total. The van der Waals surface area contributed by atoms with Crippen LogP contribution in [0.15, 0.2) is 60.7 Å². The molecule has 1 unspecified atom stereocenters. The summed E-state index contributed by atoms with van der Waals surface area (Å²) in [6.07, 6.45) is -3.53. The molecule has 0 saturated heterocycles. The average molecular weight is 349 g/mol. The highest BCUT2D eigenvalue weighted by atomic mass is 19.4. The molecule has 3 nitrogen and oxygen atoms in total. The molecule has 0 aliphatic heterocycles. The minimum Gasteiger partial charge on any atom is -0.445 e. The Kier molecular flexibility index (Phi) is 6.22. The Labute approximate surface area is 144 Å². The zero-order valence-electron chi connectivity index (χ0n) is 13.6. The molecule has 0 saturated carbocycles. The minimum atomic E-state index is -4.62. The maximum absolute atomic E-state index is 13.1. The largest absolute Gasteiger partial charge is 0.445 e. The lowest BCUT2D eigenvalue weighted by molar-refractivity contribution is -0.143. The Bertz CT molecular complexity index is 710. The van der Waals surface area contributed by atoms with Crippen molar-refractivity contribution in [1.82, 2.24) is 5.32 Å². The average Bonchev–Trinajstić information content (AvgIpc) is 2.58. The van der Waals surface area contributed by atoms with E-state index in [9.17, 15) is 18.0 Å². The van der Waals surface area contributed by atoms with Gasteiger partial charge >= 0.3 is 12.3 Å². The number of benzene rings is 2. The van der Waals surface area contributed by atoms with Gasteiger partial charge in [-0.15, -0.1) is 0 Å². The van der Waals surface area contributed by atoms with Crippen molar-refractivity contribution in [1.29, 1.82) is 0 Å². The third-order valence-corrected chi connectivity index (χ3v) is 3.40. The number of rotatable bonds is 5. The van der Waals surface area contributed by atoms with Crippen LogP contribution in [0.3, 0.4) is 0 Å². The van der Waals surface area contributed by atoms with E-state index in [1.54, 1.807) is 54.6 Å². The van der Waals surface area contributed by atoms with Gasteiger partial charge in [-0.3, -0.25) is 0 Å². The van der Waals surface area contributed by atoms with Crippen molar-refractivity contribution in [2.75, 3.05) is 0 Å². The third-order valence-electron chi connectivity index (χ3n) is 3.40. The molecule has 0 radical (unpaired) electrons. The maximum Gasteiger partial charge on any atom is 0.412 e. The Balaban J connectivity index is 1.97. The van der Waals surface area contributed by atoms with Gasteiger partial charge in [0.15, 0.2) is 0 Å². The predicted molar refractivity (Wildman–Crippen MR) is 89.8 cm³/mol. The van der Waals surface area contributed by atoms with Crippen LogP contribution in [-0.2, 0) is 11.3 Å². The topological polar surface area (TPSA) is 38.3 Å². The van der Waals surface area contributed by atoms with Gasteiger partial charge in [0.25, 0.3) is 0 Å². The number of amides is 1. The minimum absolute atomic E-state index is 0.0983. The van der Waals surface area contributed by atoms with E-state index in [4.69, 9.17) is 4.74 Å². The molecule has 0 aliphatic carbocycles. The summed E-state index contributed by atoms with van der Waals surface area (Å²) in [5.74, 6) is 0. The summed E-state index contributed by atoms with van der Waals surface area (Å²) >= 11 is 0. The first-order valence-corrected chi connectivity index (χ1v) is 7.63. The molecular formula is C19H18F3NO2. The number of carbonyl (C=O) groups is 1. The van der Waals surface area contributed by atoms with Crippen LogP contribution >= 0.6 is 0 Å². The summed E-state index contributed by atoms with van der Waals surface area (Å²) < 4.78 is 44.1. The molecule has 6 heteroatoms. The number of ether oxygens (including phenoxy) is 1. The van der Waals surface area contributed by atoms with Gasteiger partial charge in [0.1, 0.15) is 12.6 Å². The molecule has 0 bridgehead atoms. The first-order chi connectivity index (χ1) is 11.8. The molecule has 0 heterocycles. The van der Waals surface area contributed by atoms with Crippen LogP contribution in [0.1, 0.15) is 16.7 Å². The smallest absolute Gasteiger partial charge is 0.412 e. The number of aryl methyl sites for hydroxylation is 1. The second kappa shape index (κ2) is 8.37. The van der Waals surface area contributed by atoms with Crippen LogP contribution in [0, 0.1) is 6.92 Å². The van der Waals surface area contributed by atoms with E-state index >= 15 is 0 Å². The van der Waals surface area contributed by atoms with Gasteiger partial charge in [-0.2, -0.15) is 13.2 Å². The monoisotopic (exact) mass is 349 g/mol. The lowest BCUT2D eigenvalue weighted by Crippen LogP contribution is -2.44. The van der Waals surface area contributed by atoms with Gasteiger partial charge in [0.2, 0.25) is 0 Å². The fraction of sp³-hybridized carbons (Fsp3) is 0.211. The summed E-state index contributed by atoms with van der Waals surface area (Å²) in [5, 5.41) is 1.84. The molecule has 132 valence electrons. The summed E-state index contributed by atoms with van der Waals surface area (Å²) in [6.45, 7) is 1.79.